The van der Waals surface area contributed by atoms with E-state index < -0.39 is 0 Å². The predicted octanol–water partition coefficient (Wildman–Crippen LogP) is 4.50. The molecule has 1 aliphatic carbocycles. The molecule has 6 heteroatoms. The molecule has 0 bridgehead atoms. The Morgan fingerprint density at radius 1 is 1.29 bits per heavy atom. The molecule has 1 saturated carbocycles. The first-order valence-corrected chi connectivity index (χ1v) is 10.7. The van der Waals surface area contributed by atoms with Crippen molar-refractivity contribution in [1.29, 1.82) is 0 Å². The van der Waals surface area contributed by atoms with Gasteiger partial charge in [0, 0.05) is 31.2 Å². The van der Waals surface area contributed by atoms with Gasteiger partial charge >= 0.3 is 6.09 Å². The van der Waals surface area contributed by atoms with Gasteiger partial charge in [-0.05, 0) is 37.0 Å². The summed E-state index contributed by atoms with van der Waals surface area (Å²) in [5.74, 6) is 1.01. The van der Waals surface area contributed by atoms with Gasteiger partial charge in [-0.25, -0.2) is 9.18 Å². The Morgan fingerprint density at radius 2 is 2.11 bits per heavy atom. The van der Waals surface area contributed by atoms with Crippen LogP contribution in [0.5, 0.6) is 5.75 Å². The van der Waals surface area contributed by atoms with E-state index in [1.54, 1.807) is 17.0 Å². The number of amides is 1. The van der Waals surface area contributed by atoms with Crippen molar-refractivity contribution in [2.75, 3.05) is 26.2 Å². The van der Waals surface area contributed by atoms with E-state index in [-0.39, 0.29) is 24.6 Å². The molecular weight excluding hydrogens is 359 g/mol. The molecule has 1 saturated heterocycles. The lowest BCUT2D eigenvalue weighted by Crippen LogP contribution is -2.53. The summed E-state index contributed by atoms with van der Waals surface area (Å²) in [6.07, 6.45) is 8.10. The maximum atomic E-state index is 14.1. The van der Waals surface area contributed by atoms with Crippen LogP contribution < -0.4 is 10.1 Å². The Hall–Kier alpha value is -1.82. The Labute approximate surface area is 167 Å². The van der Waals surface area contributed by atoms with E-state index in [1.165, 1.54) is 38.2 Å². The molecule has 0 radical (unpaired) electrons. The largest absolute Gasteiger partial charge is 0.494 e. The molecule has 1 atom stereocenters. The highest BCUT2D eigenvalue weighted by Gasteiger charge is 2.26. The number of carbonyl (C=O) groups is 1. The van der Waals surface area contributed by atoms with Crippen LogP contribution in [0.2, 0.25) is 0 Å². The van der Waals surface area contributed by atoms with Crippen LogP contribution in [0.25, 0.3) is 0 Å². The van der Waals surface area contributed by atoms with Crippen molar-refractivity contribution < 1.29 is 18.7 Å². The van der Waals surface area contributed by atoms with Crippen molar-refractivity contribution in [3.05, 3.63) is 29.6 Å². The van der Waals surface area contributed by atoms with E-state index in [1.807, 2.05) is 6.92 Å². The van der Waals surface area contributed by atoms with Crippen molar-refractivity contribution in [3.63, 3.8) is 0 Å². The Morgan fingerprint density at radius 3 is 2.89 bits per heavy atom. The van der Waals surface area contributed by atoms with Crippen LogP contribution in [-0.2, 0) is 11.3 Å². The van der Waals surface area contributed by atoms with Gasteiger partial charge in [-0.3, -0.25) is 0 Å². The van der Waals surface area contributed by atoms with Crippen LogP contribution in [-0.4, -0.2) is 43.3 Å². The molecular formula is C22H33FN2O3. The molecule has 1 amide bonds. The SMILES string of the molecule is CCC1CNCCN1C(=O)OCc1cc(OCCC2CCCCC2)ccc1F. The van der Waals surface area contributed by atoms with Crippen molar-refractivity contribution in [2.24, 2.45) is 5.92 Å². The zero-order valence-electron chi connectivity index (χ0n) is 16.9. The topological polar surface area (TPSA) is 50.8 Å². The minimum Gasteiger partial charge on any atom is -0.494 e. The first-order chi connectivity index (χ1) is 13.7. The van der Waals surface area contributed by atoms with E-state index in [0.29, 0.717) is 24.5 Å². The summed E-state index contributed by atoms with van der Waals surface area (Å²) in [6, 6.07) is 4.81. The Balaban J connectivity index is 1.49. The van der Waals surface area contributed by atoms with Crippen LogP contribution in [0.4, 0.5) is 9.18 Å². The van der Waals surface area contributed by atoms with Gasteiger partial charge in [-0.15, -0.1) is 0 Å². The maximum Gasteiger partial charge on any atom is 0.410 e. The molecule has 1 unspecified atom stereocenters. The number of benzene rings is 1. The van der Waals surface area contributed by atoms with Gasteiger partial charge in [0.15, 0.2) is 0 Å². The fourth-order valence-corrected chi connectivity index (χ4v) is 4.16. The average Bonchev–Trinajstić information content (AvgIpc) is 2.74. The molecule has 0 aromatic heterocycles. The highest BCUT2D eigenvalue weighted by molar-refractivity contribution is 5.68. The van der Waals surface area contributed by atoms with Crippen molar-refractivity contribution in [1.82, 2.24) is 10.2 Å². The normalized spacial score (nSPS) is 20.8. The highest BCUT2D eigenvalue weighted by Crippen LogP contribution is 2.27. The molecule has 1 aromatic rings. The summed E-state index contributed by atoms with van der Waals surface area (Å²) in [5.41, 5.74) is 0.353. The molecule has 28 heavy (non-hydrogen) atoms. The molecule has 1 aliphatic heterocycles. The summed E-state index contributed by atoms with van der Waals surface area (Å²) in [7, 11) is 0. The first-order valence-electron chi connectivity index (χ1n) is 10.7. The average molecular weight is 393 g/mol. The molecule has 2 fully saturated rings. The maximum absolute atomic E-state index is 14.1. The van der Waals surface area contributed by atoms with E-state index in [2.05, 4.69) is 5.32 Å². The van der Waals surface area contributed by atoms with Gasteiger partial charge in [0.2, 0.25) is 0 Å². The third-order valence-corrected chi connectivity index (χ3v) is 5.94. The standard InChI is InChI=1S/C22H33FN2O3/c1-2-19-15-24-11-12-25(19)22(26)28-16-18-14-20(8-9-21(18)23)27-13-10-17-6-4-3-5-7-17/h8-9,14,17,19,24H,2-7,10-13,15-16H2,1H3. The lowest BCUT2D eigenvalue weighted by Gasteiger charge is -2.34. The fraction of sp³-hybridized carbons (Fsp3) is 0.682. The highest BCUT2D eigenvalue weighted by atomic mass is 19.1. The van der Waals surface area contributed by atoms with Crippen molar-refractivity contribution >= 4 is 6.09 Å². The van der Waals surface area contributed by atoms with E-state index >= 15 is 0 Å². The van der Waals surface area contributed by atoms with Crippen LogP contribution in [0.15, 0.2) is 18.2 Å². The van der Waals surface area contributed by atoms with Crippen LogP contribution in [0.1, 0.15) is 57.4 Å². The number of rotatable bonds is 7. The van der Waals surface area contributed by atoms with Crippen LogP contribution >= 0.6 is 0 Å². The molecule has 1 N–H and O–H groups in total. The van der Waals surface area contributed by atoms with E-state index in [4.69, 9.17) is 9.47 Å². The van der Waals surface area contributed by atoms with Gasteiger partial charge in [-0.2, -0.15) is 0 Å². The summed E-state index contributed by atoms with van der Waals surface area (Å²) in [4.78, 5) is 14.1. The summed E-state index contributed by atoms with van der Waals surface area (Å²) in [5, 5.41) is 3.28. The van der Waals surface area contributed by atoms with Crippen molar-refractivity contribution in [2.45, 2.75) is 64.5 Å². The third kappa shape index (κ3) is 5.84. The molecule has 2 aliphatic rings. The number of hydrogen-bond donors (Lipinski definition) is 1. The molecule has 3 rings (SSSR count). The van der Waals surface area contributed by atoms with Gasteiger partial charge < -0.3 is 19.7 Å². The van der Waals surface area contributed by atoms with Gasteiger partial charge in [0.1, 0.15) is 18.2 Å². The second-order valence-electron chi connectivity index (χ2n) is 7.91. The lowest BCUT2D eigenvalue weighted by atomic mass is 9.87. The number of ether oxygens (including phenoxy) is 2. The second-order valence-corrected chi connectivity index (χ2v) is 7.91. The van der Waals surface area contributed by atoms with Crippen molar-refractivity contribution in [3.8, 4) is 5.75 Å². The fourth-order valence-electron chi connectivity index (χ4n) is 4.16. The zero-order valence-corrected chi connectivity index (χ0v) is 16.9. The van der Waals surface area contributed by atoms with Gasteiger partial charge in [-0.1, -0.05) is 39.0 Å². The van der Waals surface area contributed by atoms with Gasteiger partial charge in [0.05, 0.1) is 6.61 Å². The number of nitrogens with one attached hydrogen (secondary N) is 1. The van der Waals surface area contributed by atoms with E-state index in [0.717, 1.165) is 31.8 Å². The number of halogens is 1. The molecule has 156 valence electrons. The quantitative estimate of drug-likeness (QED) is 0.743. The molecule has 1 aromatic carbocycles. The summed E-state index contributed by atoms with van der Waals surface area (Å²) in [6.45, 7) is 4.75. The minimum atomic E-state index is -0.378. The number of hydrogen-bond acceptors (Lipinski definition) is 4. The minimum absolute atomic E-state index is 0.0785. The number of piperazine rings is 1. The Bertz CT molecular complexity index is 634. The smallest absolute Gasteiger partial charge is 0.410 e. The van der Waals surface area contributed by atoms with Crippen LogP contribution in [0.3, 0.4) is 0 Å². The predicted molar refractivity (Wildman–Crippen MR) is 107 cm³/mol. The monoisotopic (exact) mass is 392 g/mol. The lowest BCUT2D eigenvalue weighted by molar-refractivity contribution is 0.0706. The van der Waals surface area contributed by atoms with E-state index in [9.17, 15) is 9.18 Å². The molecule has 5 nitrogen and oxygen atoms in total. The summed E-state index contributed by atoms with van der Waals surface area (Å²) >= 11 is 0. The number of carbonyl (C=O) groups excluding carboxylic acids is 1. The molecule has 1 heterocycles. The van der Waals surface area contributed by atoms with Crippen LogP contribution in [0, 0.1) is 11.7 Å². The zero-order chi connectivity index (χ0) is 19.8. The number of nitrogens with zero attached hydrogens (tertiary/aromatic N) is 1. The Kier molecular flexibility index (Phi) is 7.95. The first kappa shape index (κ1) is 20.9. The second kappa shape index (κ2) is 10.6. The van der Waals surface area contributed by atoms with Gasteiger partial charge in [0.25, 0.3) is 0 Å². The summed E-state index contributed by atoms with van der Waals surface area (Å²) < 4.78 is 25.4. The third-order valence-electron chi connectivity index (χ3n) is 5.94. The molecule has 0 spiro atoms.